The number of aromatic nitrogens is 1. The molecule has 0 radical (unpaired) electrons. The van der Waals surface area contributed by atoms with E-state index in [0.29, 0.717) is 6.07 Å². The molecule has 0 saturated heterocycles. The number of pyridine rings is 1. The molecule has 18 heavy (non-hydrogen) atoms. The van der Waals surface area contributed by atoms with Crippen molar-refractivity contribution in [2.45, 2.75) is 6.18 Å². The fraction of sp³-hybridized carbons (Fsp3) is 0.200. The Bertz CT molecular complexity index is 671. The molecule has 0 bridgehead atoms. The molecule has 0 spiro atoms. The van der Waals surface area contributed by atoms with Crippen LogP contribution in [0.2, 0.25) is 0 Å². The minimum atomic E-state index is -4.65. The summed E-state index contributed by atoms with van der Waals surface area (Å²) in [6, 6.07) is 0.472. The molecule has 1 N–H and O–H groups in total. The van der Waals surface area contributed by atoms with Crippen molar-refractivity contribution >= 4 is 27.5 Å². The van der Waals surface area contributed by atoms with E-state index in [1.54, 1.807) is 0 Å². The van der Waals surface area contributed by atoms with Crippen molar-refractivity contribution < 1.29 is 22.7 Å². The summed E-state index contributed by atoms with van der Waals surface area (Å²) >= 11 is 0.729. The van der Waals surface area contributed by atoms with E-state index in [4.69, 9.17) is 0 Å². The van der Waals surface area contributed by atoms with E-state index in [-0.39, 0.29) is 15.8 Å². The second-order valence-electron chi connectivity index (χ2n) is 3.39. The lowest BCUT2D eigenvalue weighted by Crippen LogP contribution is -2.14. The highest BCUT2D eigenvalue weighted by molar-refractivity contribution is 7.17. The number of methoxy groups -OCH3 is 1. The number of carbonyl (C=O) groups is 1. The smallest absolute Gasteiger partial charge is 0.418 e. The molecule has 2 rings (SSSR count). The predicted octanol–water partition coefficient (Wildman–Crippen LogP) is 2.39. The lowest BCUT2D eigenvalue weighted by molar-refractivity contribution is -0.136. The molecule has 0 saturated carbocycles. The zero-order chi connectivity index (χ0) is 13.5. The number of nitrogens with one attached hydrogen (secondary N) is 1. The van der Waals surface area contributed by atoms with Crippen molar-refractivity contribution in [3.8, 4) is 0 Å². The topological polar surface area (TPSA) is 59.2 Å². The number of carbonyl (C=O) groups excluding carboxylic acids is 1. The Morgan fingerprint density at radius 1 is 1.44 bits per heavy atom. The first-order valence-corrected chi connectivity index (χ1v) is 5.52. The molecule has 2 aromatic heterocycles. The Morgan fingerprint density at radius 2 is 2.11 bits per heavy atom. The van der Waals surface area contributed by atoms with Gasteiger partial charge in [-0.2, -0.15) is 13.2 Å². The quantitative estimate of drug-likeness (QED) is 0.814. The predicted molar refractivity (Wildman–Crippen MR) is 58.8 cm³/mol. The number of H-pyrrole nitrogens is 1. The second-order valence-corrected chi connectivity index (χ2v) is 4.27. The zero-order valence-corrected chi connectivity index (χ0v) is 9.74. The summed E-state index contributed by atoms with van der Waals surface area (Å²) < 4.78 is 42.4. The number of hydrogen-bond acceptors (Lipinski definition) is 4. The van der Waals surface area contributed by atoms with Crippen molar-refractivity contribution in [2.75, 3.05) is 7.11 Å². The van der Waals surface area contributed by atoms with Crippen LogP contribution in [0, 0.1) is 0 Å². The second kappa shape index (κ2) is 4.13. The van der Waals surface area contributed by atoms with E-state index in [1.165, 1.54) is 5.38 Å². The van der Waals surface area contributed by atoms with E-state index < -0.39 is 23.3 Å². The van der Waals surface area contributed by atoms with Gasteiger partial charge in [0, 0.05) is 11.4 Å². The summed E-state index contributed by atoms with van der Waals surface area (Å²) in [5.41, 5.74) is -2.20. The molecule has 0 aromatic carbocycles. The summed E-state index contributed by atoms with van der Waals surface area (Å²) in [5.74, 6) is -0.795. The third kappa shape index (κ3) is 1.99. The fourth-order valence-corrected chi connectivity index (χ4v) is 2.54. The highest BCUT2D eigenvalue weighted by Gasteiger charge is 2.34. The van der Waals surface area contributed by atoms with Gasteiger partial charge in [0.15, 0.2) is 0 Å². The van der Waals surface area contributed by atoms with Gasteiger partial charge in [-0.25, -0.2) is 4.79 Å². The van der Waals surface area contributed by atoms with Crippen molar-refractivity contribution in [3.63, 3.8) is 0 Å². The van der Waals surface area contributed by atoms with Gasteiger partial charge >= 0.3 is 12.1 Å². The van der Waals surface area contributed by atoms with Crippen LogP contribution in [0.25, 0.3) is 10.2 Å². The van der Waals surface area contributed by atoms with Gasteiger partial charge in [0.05, 0.1) is 28.5 Å². The number of alkyl halides is 3. The number of aromatic amines is 1. The zero-order valence-electron chi connectivity index (χ0n) is 8.92. The Morgan fingerprint density at radius 3 is 2.67 bits per heavy atom. The fourth-order valence-electron chi connectivity index (χ4n) is 1.51. The van der Waals surface area contributed by atoms with Crippen molar-refractivity contribution in [1.29, 1.82) is 0 Å². The maximum atomic E-state index is 12.7. The molecular weight excluding hydrogens is 271 g/mol. The number of hydrogen-bond donors (Lipinski definition) is 1. The van der Waals surface area contributed by atoms with Gasteiger partial charge in [-0.3, -0.25) is 4.79 Å². The molecule has 0 aliphatic carbocycles. The first-order valence-electron chi connectivity index (χ1n) is 4.64. The van der Waals surface area contributed by atoms with Gasteiger partial charge in [0.25, 0.3) is 0 Å². The van der Waals surface area contributed by atoms with Crippen LogP contribution >= 0.6 is 11.3 Å². The lowest BCUT2D eigenvalue weighted by Gasteiger charge is -2.07. The van der Waals surface area contributed by atoms with E-state index in [9.17, 15) is 22.8 Å². The summed E-state index contributed by atoms with van der Waals surface area (Å²) in [6.45, 7) is 0. The van der Waals surface area contributed by atoms with E-state index in [1.807, 2.05) is 0 Å². The van der Waals surface area contributed by atoms with Gasteiger partial charge in [-0.05, 0) is 0 Å². The number of esters is 1. The van der Waals surface area contributed by atoms with E-state index in [2.05, 4.69) is 9.72 Å². The molecule has 2 heterocycles. The van der Waals surface area contributed by atoms with Crippen molar-refractivity contribution in [1.82, 2.24) is 4.98 Å². The average molecular weight is 277 g/mol. The van der Waals surface area contributed by atoms with E-state index in [0.717, 1.165) is 18.4 Å². The SMILES string of the molecule is COC(=O)c1csc2c(C(F)(F)F)cc(=O)[nH]c12. The number of fused-ring (bicyclic) bond motifs is 1. The minimum Gasteiger partial charge on any atom is -0.465 e. The molecule has 0 amide bonds. The Hall–Kier alpha value is -1.83. The molecule has 4 nitrogen and oxygen atoms in total. The van der Waals surface area contributed by atoms with Crippen LogP contribution in [0.3, 0.4) is 0 Å². The third-order valence-electron chi connectivity index (χ3n) is 2.27. The standard InChI is InChI=1S/C10H6F3NO3S/c1-17-9(16)4-3-18-8-5(10(11,12)13)2-6(15)14-7(4)8/h2-3H,1H3,(H,14,15). The van der Waals surface area contributed by atoms with Crippen LogP contribution in [0.1, 0.15) is 15.9 Å². The Balaban J connectivity index is 2.81. The Labute approximate surface area is 102 Å². The maximum Gasteiger partial charge on any atom is 0.418 e. The van der Waals surface area contributed by atoms with Gasteiger partial charge in [-0.1, -0.05) is 0 Å². The van der Waals surface area contributed by atoms with Crippen molar-refractivity contribution in [2.24, 2.45) is 0 Å². The van der Waals surface area contributed by atoms with Crippen LogP contribution in [0.4, 0.5) is 13.2 Å². The molecule has 0 atom stereocenters. The molecule has 2 aromatic rings. The Kier molecular flexibility index (Phi) is 2.89. The van der Waals surface area contributed by atoms with E-state index >= 15 is 0 Å². The van der Waals surface area contributed by atoms with Crippen LogP contribution < -0.4 is 5.56 Å². The summed E-state index contributed by atoms with van der Waals surface area (Å²) in [4.78, 5) is 24.8. The number of ether oxygens (including phenoxy) is 1. The summed E-state index contributed by atoms with van der Waals surface area (Å²) in [6.07, 6.45) is -4.65. The molecule has 0 fully saturated rings. The summed E-state index contributed by atoms with van der Waals surface area (Å²) in [7, 11) is 1.11. The highest BCUT2D eigenvalue weighted by atomic mass is 32.1. The molecule has 8 heteroatoms. The van der Waals surface area contributed by atoms with Crippen LogP contribution in [-0.4, -0.2) is 18.1 Å². The third-order valence-corrected chi connectivity index (χ3v) is 3.28. The first-order chi connectivity index (χ1) is 8.34. The monoisotopic (exact) mass is 277 g/mol. The first kappa shape index (κ1) is 12.6. The average Bonchev–Trinajstić information content (AvgIpc) is 2.69. The largest absolute Gasteiger partial charge is 0.465 e. The molecule has 0 aliphatic heterocycles. The summed E-state index contributed by atoms with van der Waals surface area (Å²) in [5, 5.41) is 1.22. The number of halogens is 3. The highest BCUT2D eigenvalue weighted by Crippen LogP contribution is 2.37. The van der Waals surface area contributed by atoms with Crippen molar-refractivity contribution in [3.05, 3.63) is 32.9 Å². The van der Waals surface area contributed by atoms with Crippen LogP contribution in [0.5, 0.6) is 0 Å². The number of rotatable bonds is 1. The number of thiophene rings is 1. The molecular formula is C10H6F3NO3S. The lowest BCUT2D eigenvalue weighted by atomic mass is 10.2. The van der Waals surface area contributed by atoms with Gasteiger partial charge < -0.3 is 9.72 Å². The molecule has 96 valence electrons. The maximum absolute atomic E-state index is 12.7. The molecule has 0 unspecified atom stereocenters. The van der Waals surface area contributed by atoms with Gasteiger partial charge in [0.1, 0.15) is 0 Å². The van der Waals surface area contributed by atoms with Gasteiger partial charge in [-0.15, -0.1) is 11.3 Å². The normalized spacial score (nSPS) is 11.8. The molecule has 0 aliphatic rings. The van der Waals surface area contributed by atoms with Gasteiger partial charge in [0.2, 0.25) is 5.56 Å². The van der Waals surface area contributed by atoms with Crippen LogP contribution in [-0.2, 0) is 10.9 Å². The van der Waals surface area contributed by atoms with Crippen LogP contribution in [0.15, 0.2) is 16.2 Å². The minimum absolute atomic E-state index is 0.0827.